The first-order valence-corrected chi connectivity index (χ1v) is 7.34. The summed E-state index contributed by atoms with van der Waals surface area (Å²) < 4.78 is 1.98. The molecule has 0 unspecified atom stereocenters. The van der Waals surface area contributed by atoms with Gasteiger partial charge in [-0.2, -0.15) is 11.3 Å². The van der Waals surface area contributed by atoms with E-state index in [9.17, 15) is 4.79 Å². The minimum absolute atomic E-state index is 0.0458. The van der Waals surface area contributed by atoms with Gasteiger partial charge in [-0.05, 0) is 40.1 Å². The van der Waals surface area contributed by atoms with Crippen LogP contribution < -0.4 is 5.32 Å². The number of benzene rings is 1. The van der Waals surface area contributed by atoms with Crippen LogP contribution in [0.15, 0.2) is 41.4 Å². The number of carbonyl (C=O) groups is 1. The Hall–Kier alpha value is -2.14. The second-order valence-corrected chi connectivity index (χ2v) is 5.54. The molecule has 0 radical (unpaired) electrons. The Kier molecular flexibility index (Phi) is 3.52. The zero-order valence-corrected chi connectivity index (χ0v) is 12.0. The lowest BCUT2D eigenvalue weighted by Gasteiger charge is -2.05. The number of nitrogens with zero attached hydrogens (tertiary/aromatic N) is 2. The van der Waals surface area contributed by atoms with Crippen molar-refractivity contribution in [3.05, 3.63) is 52.5 Å². The molecule has 0 aliphatic carbocycles. The van der Waals surface area contributed by atoms with Crippen LogP contribution in [0.1, 0.15) is 11.1 Å². The van der Waals surface area contributed by atoms with Crippen LogP contribution in [0.3, 0.4) is 0 Å². The van der Waals surface area contributed by atoms with E-state index in [0.717, 1.165) is 22.2 Å². The molecule has 1 N–H and O–H groups in total. The first kappa shape index (κ1) is 12.9. The summed E-state index contributed by atoms with van der Waals surface area (Å²) in [6, 6.07) is 8.04. The standard InChI is InChI=1S/C15H15N3OS/c1-18-10-17-13-6-11(2-3-14(13)18)8-16-15(19)7-12-4-5-20-9-12/h2-6,9-10H,7-8H2,1H3,(H,16,19). The van der Waals surface area contributed by atoms with E-state index in [1.807, 2.05) is 46.6 Å². The van der Waals surface area contributed by atoms with Crippen LogP contribution in [0.4, 0.5) is 0 Å². The second-order valence-electron chi connectivity index (χ2n) is 4.76. The van der Waals surface area contributed by atoms with Gasteiger partial charge in [0.2, 0.25) is 5.91 Å². The summed E-state index contributed by atoms with van der Waals surface area (Å²) in [5, 5.41) is 6.92. The molecule has 0 saturated heterocycles. The molecule has 4 nitrogen and oxygen atoms in total. The molecule has 102 valence electrons. The number of amides is 1. The third kappa shape index (κ3) is 2.72. The second kappa shape index (κ2) is 5.46. The van der Waals surface area contributed by atoms with Gasteiger partial charge < -0.3 is 9.88 Å². The summed E-state index contributed by atoms with van der Waals surface area (Å²) in [6.45, 7) is 0.537. The van der Waals surface area contributed by atoms with E-state index in [1.165, 1.54) is 0 Å². The van der Waals surface area contributed by atoms with Gasteiger partial charge in [-0.25, -0.2) is 4.98 Å². The number of nitrogens with one attached hydrogen (secondary N) is 1. The number of hydrogen-bond donors (Lipinski definition) is 1. The van der Waals surface area contributed by atoms with Crippen molar-refractivity contribution in [3.63, 3.8) is 0 Å². The van der Waals surface area contributed by atoms with E-state index in [-0.39, 0.29) is 5.91 Å². The summed E-state index contributed by atoms with van der Waals surface area (Å²) in [6.07, 6.45) is 2.24. The molecule has 5 heteroatoms. The average molecular weight is 285 g/mol. The summed E-state index contributed by atoms with van der Waals surface area (Å²) in [5.41, 5.74) is 4.18. The highest BCUT2D eigenvalue weighted by atomic mass is 32.1. The predicted octanol–water partition coefficient (Wildman–Crippen LogP) is 2.49. The molecule has 0 spiro atoms. The summed E-state index contributed by atoms with van der Waals surface area (Å²) in [5.74, 6) is 0.0458. The monoisotopic (exact) mass is 285 g/mol. The maximum absolute atomic E-state index is 11.8. The van der Waals surface area contributed by atoms with Gasteiger partial charge in [0.15, 0.2) is 0 Å². The number of hydrogen-bond acceptors (Lipinski definition) is 3. The van der Waals surface area contributed by atoms with Gasteiger partial charge >= 0.3 is 0 Å². The first-order valence-electron chi connectivity index (χ1n) is 6.40. The molecule has 0 aliphatic rings. The topological polar surface area (TPSA) is 46.9 Å². The van der Waals surface area contributed by atoms with Gasteiger partial charge in [0.1, 0.15) is 0 Å². The third-order valence-corrected chi connectivity index (χ3v) is 3.96. The van der Waals surface area contributed by atoms with Crippen LogP contribution >= 0.6 is 11.3 Å². The van der Waals surface area contributed by atoms with Crippen molar-refractivity contribution < 1.29 is 4.79 Å². The fourth-order valence-corrected chi connectivity index (χ4v) is 2.80. The summed E-state index contributed by atoms with van der Waals surface area (Å²) >= 11 is 1.61. The van der Waals surface area contributed by atoms with Gasteiger partial charge in [-0.3, -0.25) is 4.79 Å². The highest BCUT2D eigenvalue weighted by Gasteiger charge is 2.05. The Morgan fingerprint density at radius 2 is 2.25 bits per heavy atom. The molecule has 2 heterocycles. The first-order chi connectivity index (χ1) is 9.72. The maximum Gasteiger partial charge on any atom is 0.224 e. The van der Waals surface area contributed by atoms with E-state index in [2.05, 4.69) is 10.3 Å². The molecule has 20 heavy (non-hydrogen) atoms. The normalized spacial score (nSPS) is 10.8. The van der Waals surface area contributed by atoms with E-state index in [1.54, 1.807) is 17.7 Å². The van der Waals surface area contributed by atoms with Crippen LogP contribution in [-0.4, -0.2) is 15.5 Å². The molecular weight excluding hydrogens is 270 g/mol. The highest BCUT2D eigenvalue weighted by molar-refractivity contribution is 7.07. The zero-order chi connectivity index (χ0) is 13.9. The molecule has 0 fully saturated rings. The fourth-order valence-electron chi connectivity index (χ4n) is 2.13. The fraction of sp³-hybridized carbons (Fsp3) is 0.200. The Bertz CT molecular complexity index is 731. The Morgan fingerprint density at radius 1 is 1.35 bits per heavy atom. The number of carbonyl (C=O) groups excluding carboxylic acids is 1. The van der Waals surface area contributed by atoms with Crippen LogP contribution in [0.2, 0.25) is 0 Å². The molecule has 1 aromatic carbocycles. The van der Waals surface area contributed by atoms with Crippen molar-refractivity contribution in [3.8, 4) is 0 Å². The SMILES string of the molecule is Cn1cnc2cc(CNC(=O)Cc3ccsc3)ccc21. The average Bonchev–Trinajstić information content (AvgIpc) is 3.07. The molecule has 2 aromatic heterocycles. The summed E-state index contributed by atoms with van der Waals surface area (Å²) in [4.78, 5) is 16.1. The number of fused-ring (bicyclic) bond motifs is 1. The molecule has 0 saturated carbocycles. The minimum atomic E-state index is 0.0458. The quantitative estimate of drug-likeness (QED) is 0.800. The van der Waals surface area contributed by atoms with Gasteiger partial charge in [-0.15, -0.1) is 0 Å². The molecule has 0 bridgehead atoms. The van der Waals surface area contributed by atoms with Crippen molar-refractivity contribution in [1.82, 2.24) is 14.9 Å². The lowest BCUT2D eigenvalue weighted by atomic mass is 10.2. The third-order valence-electron chi connectivity index (χ3n) is 3.22. The molecule has 0 aliphatic heterocycles. The maximum atomic E-state index is 11.8. The van der Waals surface area contributed by atoms with Gasteiger partial charge in [0, 0.05) is 13.6 Å². The van der Waals surface area contributed by atoms with Gasteiger partial charge in [0.25, 0.3) is 0 Å². The number of aromatic nitrogens is 2. The zero-order valence-electron chi connectivity index (χ0n) is 11.2. The van der Waals surface area contributed by atoms with Crippen molar-refractivity contribution >= 4 is 28.3 Å². The van der Waals surface area contributed by atoms with Crippen molar-refractivity contribution in [1.29, 1.82) is 0 Å². The molecular formula is C15H15N3OS. The number of aryl methyl sites for hydroxylation is 1. The molecule has 1 amide bonds. The van der Waals surface area contributed by atoms with Crippen LogP contribution in [0, 0.1) is 0 Å². The largest absolute Gasteiger partial charge is 0.352 e. The molecule has 3 aromatic rings. The van der Waals surface area contributed by atoms with Crippen molar-refractivity contribution in [2.45, 2.75) is 13.0 Å². The summed E-state index contributed by atoms with van der Waals surface area (Å²) in [7, 11) is 1.97. The van der Waals surface area contributed by atoms with E-state index >= 15 is 0 Å². The van der Waals surface area contributed by atoms with E-state index < -0.39 is 0 Å². The molecule has 0 atom stereocenters. The van der Waals surface area contributed by atoms with E-state index in [0.29, 0.717) is 13.0 Å². The van der Waals surface area contributed by atoms with Gasteiger partial charge in [0.05, 0.1) is 23.8 Å². The Balaban J connectivity index is 1.63. The van der Waals surface area contributed by atoms with Crippen LogP contribution in [0.5, 0.6) is 0 Å². The number of imidazole rings is 1. The van der Waals surface area contributed by atoms with Crippen LogP contribution in [-0.2, 0) is 24.8 Å². The van der Waals surface area contributed by atoms with Crippen molar-refractivity contribution in [2.24, 2.45) is 7.05 Å². The highest BCUT2D eigenvalue weighted by Crippen LogP contribution is 2.13. The molecule has 3 rings (SSSR count). The van der Waals surface area contributed by atoms with Crippen molar-refractivity contribution in [2.75, 3.05) is 0 Å². The lowest BCUT2D eigenvalue weighted by molar-refractivity contribution is -0.120. The minimum Gasteiger partial charge on any atom is -0.352 e. The Morgan fingerprint density at radius 3 is 3.05 bits per heavy atom. The van der Waals surface area contributed by atoms with Crippen LogP contribution in [0.25, 0.3) is 11.0 Å². The number of rotatable bonds is 4. The number of thiophene rings is 1. The Labute approximate surface area is 121 Å². The smallest absolute Gasteiger partial charge is 0.224 e. The van der Waals surface area contributed by atoms with Gasteiger partial charge in [-0.1, -0.05) is 6.07 Å². The predicted molar refractivity (Wildman–Crippen MR) is 80.6 cm³/mol. The van der Waals surface area contributed by atoms with E-state index in [4.69, 9.17) is 0 Å². The lowest BCUT2D eigenvalue weighted by Crippen LogP contribution is -2.24.